The average molecular weight is 372 g/mol. The van der Waals surface area contributed by atoms with Gasteiger partial charge in [-0.05, 0) is 33.6 Å². The Bertz CT molecular complexity index is 802. The van der Waals surface area contributed by atoms with Gasteiger partial charge in [-0.2, -0.15) is 4.98 Å². The molecule has 0 spiro atoms. The summed E-state index contributed by atoms with van der Waals surface area (Å²) >= 11 is 3.35. The molecule has 2 aromatic carbocycles. The molecular formula is C17H14BrN3O2. The summed E-state index contributed by atoms with van der Waals surface area (Å²) < 4.78 is 5.95. The number of nitrogens with zero attached hydrogens (tertiary/aromatic N) is 2. The summed E-state index contributed by atoms with van der Waals surface area (Å²) in [5.41, 5.74) is 1.67. The lowest BCUT2D eigenvalue weighted by Crippen LogP contribution is -2.23. The summed E-state index contributed by atoms with van der Waals surface area (Å²) in [6, 6.07) is 17.1. The van der Waals surface area contributed by atoms with Gasteiger partial charge in [-0.15, -0.1) is 0 Å². The Morgan fingerprint density at radius 3 is 2.61 bits per heavy atom. The Balaban J connectivity index is 1.59. The fourth-order valence-corrected chi connectivity index (χ4v) is 2.57. The van der Waals surface area contributed by atoms with Gasteiger partial charge < -0.3 is 9.84 Å². The van der Waals surface area contributed by atoms with Crippen LogP contribution in [0, 0.1) is 0 Å². The van der Waals surface area contributed by atoms with Crippen molar-refractivity contribution in [2.45, 2.75) is 13.0 Å². The van der Waals surface area contributed by atoms with E-state index in [0.717, 1.165) is 10.0 Å². The third-order valence-corrected chi connectivity index (χ3v) is 3.93. The molecule has 3 aromatic rings. The lowest BCUT2D eigenvalue weighted by molar-refractivity contribution is 0.0949. The molecule has 23 heavy (non-hydrogen) atoms. The minimum Gasteiger partial charge on any atom is -0.345 e. The normalized spacial score (nSPS) is 10.5. The molecule has 1 heterocycles. The molecule has 3 rings (SSSR count). The van der Waals surface area contributed by atoms with Crippen molar-refractivity contribution in [1.82, 2.24) is 15.5 Å². The van der Waals surface area contributed by atoms with Crippen molar-refractivity contribution in [2.24, 2.45) is 0 Å². The highest BCUT2D eigenvalue weighted by Gasteiger charge is 2.11. The first-order valence-corrected chi connectivity index (χ1v) is 7.90. The van der Waals surface area contributed by atoms with E-state index < -0.39 is 0 Å². The van der Waals surface area contributed by atoms with Gasteiger partial charge in [0.2, 0.25) is 5.89 Å². The Kier molecular flexibility index (Phi) is 4.83. The van der Waals surface area contributed by atoms with Gasteiger partial charge in [-0.1, -0.05) is 47.6 Å². The van der Waals surface area contributed by atoms with Crippen molar-refractivity contribution in [3.05, 3.63) is 81.9 Å². The molecule has 1 aromatic heterocycles. The summed E-state index contributed by atoms with van der Waals surface area (Å²) in [6.45, 7) is 0.221. The molecule has 116 valence electrons. The number of aromatic nitrogens is 2. The maximum Gasteiger partial charge on any atom is 0.252 e. The van der Waals surface area contributed by atoms with Crippen molar-refractivity contribution in [2.75, 3.05) is 0 Å². The molecule has 6 heteroatoms. The summed E-state index contributed by atoms with van der Waals surface area (Å²) in [6.07, 6.45) is 0.575. The van der Waals surface area contributed by atoms with E-state index in [1.54, 1.807) is 6.07 Å². The quantitative estimate of drug-likeness (QED) is 0.746. The van der Waals surface area contributed by atoms with Crippen LogP contribution in [0.25, 0.3) is 0 Å². The van der Waals surface area contributed by atoms with Gasteiger partial charge >= 0.3 is 0 Å². The van der Waals surface area contributed by atoms with Gasteiger partial charge in [-0.25, -0.2) is 0 Å². The molecule has 1 N–H and O–H groups in total. The second kappa shape index (κ2) is 7.19. The van der Waals surface area contributed by atoms with Gasteiger partial charge in [0.05, 0.1) is 18.5 Å². The smallest absolute Gasteiger partial charge is 0.252 e. The first-order valence-electron chi connectivity index (χ1n) is 7.10. The molecule has 0 bridgehead atoms. The van der Waals surface area contributed by atoms with Crippen LogP contribution in [-0.2, 0) is 13.0 Å². The number of amides is 1. The molecule has 0 saturated carbocycles. The maximum atomic E-state index is 12.1. The highest BCUT2D eigenvalue weighted by atomic mass is 79.9. The van der Waals surface area contributed by atoms with Crippen molar-refractivity contribution in [1.29, 1.82) is 0 Å². The summed E-state index contributed by atoms with van der Waals surface area (Å²) in [4.78, 5) is 16.4. The Morgan fingerprint density at radius 1 is 1.09 bits per heavy atom. The maximum absolute atomic E-state index is 12.1. The van der Waals surface area contributed by atoms with Crippen LogP contribution in [-0.4, -0.2) is 16.0 Å². The fraction of sp³-hybridized carbons (Fsp3) is 0.118. The summed E-state index contributed by atoms with van der Waals surface area (Å²) in [7, 11) is 0. The van der Waals surface area contributed by atoms with Gasteiger partial charge in [0.15, 0.2) is 5.82 Å². The zero-order valence-corrected chi connectivity index (χ0v) is 13.8. The number of halogens is 1. The van der Waals surface area contributed by atoms with E-state index in [1.807, 2.05) is 48.5 Å². The summed E-state index contributed by atoms with van der Waals surface area (Å²) in [5.74, 6) is 0.796. The molecule has 0 aliphatic carbocycles. The predicted octanol–water partition coefficient (Wildman–Crippen LogP) is 3.35. The van der Waals surface area contributed by atoms with Gasteiger partial charge in [0, 0.05) is 4.47 Å². The van der Waals surface area contributed by atoms with Crippen LogP contribution in [0.15, 0.2) is 63.6 Å². The third kappa shape index (κ3) is 4.04. The van der Waals surface area contributed by atoms with E-state index >= 15 is 0 Å². The minimum absolute atomic E-state index is 0.188. The molecule has 0 aliphatic rings. The van der Waals surface area contributed by atoms with E-state index in [4.69, 9.17) is 4.52 Å². The van der Waals surface area contributed by atoms with Crippen LogP contribution in [0.2, 0.25) is 0 Å². The van der Waals surface area contributed by atoms with Crippen molar-refractivity contribution in [3.63, 3.8) is 0 Å². The average Bonchev–Trinajstić information content (AvgIpc) is 3.01. The lowest BCUT2D eigenvalue weighted by Gasteiger charge is -2.04. The monoisotopic (exact) mass is 371 g/mol. The number of carbonyl (C=O) groups is 1. The molecule has 0 atom stereocenters. The number of hydrogen-bond donors (Lipinski definition) is 1. The molecule has 0 fully saturated rings. The second-order valence-corrected chi connectivity index (χ2v) is 5.78. The first-order chi connectivity index (χ1) is 11.2. The Hall–Kier alpha value is -2.47. The number of rotatable bonds is 5. The molecular weight excluding hydrogens is 358 g/mol. The molecule has 0 aliphatic heterocycles. The molecule has 0 saturated heterocycles. The van der Waals surface area contributed by atoms with Crippen LogP contribution in [0.1, 0.15) is 27.6 Å². The van der Waals surface area contributed by atoms with E-state index in [1.165, 1.54) is 0 Å². The van der Waals surface area contributed by atoms with Crippen LogP contribution in [0.3, 0.4) is 0 Å². The second-order valence-electron chi connectivity index (χ2n) is 4.93. The van der Waals surface area contributed by atoms with E-state index in [-0.39, 0.29) is 12.5 Å². The van der Waals surface area contributed by atoms with Crippen molar-refractivity contribution < 1.29 is 9.32 Å². The molecule has 1 amide bonds. The van der Waals surface area contributed by atoms with Crippen LogP contribution in [0.4, 0.5) is 0 Å². The standard InChI is InChI=1S/C17H14BrN3O2/c18-14-9-5-4-8-13(14)17(22)19-11-15-20-16(23-21-15)10-12-6-2-1-3-7-12/h1-9H,10-11H2,(H,19,22). The van der Waals surface area contributed by atoms with Crippen LogP contribution >= 0.6 is 15.9 Å². The Morgan fingerprint density at radius 2 is 1.83 bits per heavy atom. The van der Waals surface area contributed by atoms with Crippen molar-refractivity contribution in [3.8, 4) is 0 Å². The Labute approximate surface area is 141 Å². The number of nitrogens with one attached hydrogen (secondary N) is 1. The van der Waals surface area contributed by atoms with Crippen molar-refractivity contribution >= 4 is 21.8 Å². The van der Waals surface area contributed by atoms with E-state index in [0.29, 0.717) is 23.7 Å². The molecule has 0 unspecified atom stereocenters. The lowest BCUT2D eigenvalue weighted by atomic mass is 10.1. The highest BCUT2D eigenvalue weighted by molar-refractivity contribution is 9.10. The van der Waals surface area contributed by atoms with Crippen LogP contribution in [0.5, 0.6) is 0 Å². The molecule has 5 nitrogen and oxygen atoms in total. The van der Waals surface area contributed by atoms with Crippen LogP contribution < -0.4 is 5.32 Å². The summed E-state index contributed by atoms with van der Waals surface area (Å²) in [5, 5.41) is 6.67. The fourth-order valence-electron chi connectivity index (χ4n) is 2.10. The number of hydrogen-bond acceptors (Lipinski definition) is 4. The third-order valence-electron chi connectivity index (χ3n) is 3.23. The largest absolute Gasteiger partial charge is 0.345 e. The SMILES string of the molecule is O=C(NCc1noc(Cc2ccccc2)n1)c1ccccc1Br. The van der Waals surface area contributed by atoms with E-state index in [2.05, 4.69) is 31.4 Å². The molecule has 0 radical (unpaired) electrons. The minimum atomic E-state index is -0.188. The number of carbonyl (C=O) groups excluding carboxylic acids is 1. The van der Waals surface area contributed by atoms with E-state index in [9.17, 15) is 4.79 Å². The zero-order valence-electron chi connectivity index (χ0n) is 12.2. The number of benzene rings is 2. The zero-order chi connectivity index (χ0) is 16.1. The first kappa shape index (κ1) is 15.4. The van der Waals surface area contributed by atoms with Gasteiger partial charge in [0.1, 0.15) is 0 Å². The topological polar surface area (TPSA) is 68.0 Å². The van der Waals surface area contributed by atoms with Gasteiger partial charge in [0.25, 0.3) is 5.91 Å². The van der Waals surface area contributed by atoms with Gasteiger partial charge in [-0.3, -0.25) is 4.79 Å². The predicted molar refractivity (Wildman–Crippen MR) is 88.9 cm³/mol. The highest BCUT2D eigenvalue weighted by Crippen LogP contribution is 2.15.